The first kappa shape index (κ1) is 14.3. The van der Waals surface area contributed by atoms with Gasteiger partial charge in [0.25, 0.3) is 0 Å². The molecule has 20 heavy (non-hydrogen) atoms. The molecule has 2 rings (SSSR count). The number of hydrogen-bond acceptors (Lipinski definition) is 1. The fourth-order valence-corrected chi connectivity index (χ4v) is 2.21. The third-order valence-corrected chi connectivity index (χ3v) is 3.38. The van der Waals surface area contributed by atoms with Crippen molar-refractivity contribution in [2.75, 3.05) is 5.32 Å². The maximum absolute atomic E-state index is 12.4. The molecule has 2 aromatic rings. The van der Waals surface area contributed by atoms with Crippen molar-refractivity contribution < 1.29 is 4.79 Å². The summed E-state index contributed by atoms with van der Waals surface area (Å²) in [7, 11) is 0. The van der Waals surface area contributed by atoms with Crippen molar-refractivity contribution in [1.29, 1.82) is 0 Å². The van der Waals surface area contributed by atoms with Crippen molar-refractivity contribution >= 4 is 11.6 Å². The van der Waals surface area contributed by atoms with Gasteiger partial charge in [-0.1, -0.05) is 56.3 Å². The number of rotatable bonds is 4. The summed E-state index contributed by atoms with van der Waals surface area (Å²) in [5.74, 6) is 0.0481. The highest BCUT2D eigenvalue weighted by molar-refractivity contribution is 5.95. The summed E-state index contributed by atoms with van der Waals surface area (Å²) in [6.45, 7) is 5.97. The third-order valence-electron chi connectivity index (χ3n) is 3.38. The lowest BCUT2D eigenvalue weighted by Gasteiger charge is -2.23. The molecule has 0 saturated carbocycles. The highest BCUT2D eigenvalue weighted by atomic mass is 16.2. The van der Waals surface area contributed by atoms with Crippen LogP contribution in [0.2, 0.25) is 0 Å². The summed E-state index contributed by atoms with van der Waals surface area (Å²) in [5.41, 5.74) is 2.74. The molecule has 0 radical (unpaired) electrons. The maximum atomic E-state index is 12.4. The van der Waals surface area contributed by atoms with Crippen molar-refractivity contribution in [2.45, 2.75) is 27.2 Å². The molecule has 104 valence electrons. The van der Waals surface area contributed by atoms with Crippen LogP contribution in [0.4, 0.5) is 5.69 Å². The van der Waals surface area contributed by atoms with Gasteiger partial charge >= 0.3 is 0 Å². The summed E-state index contributed by atoms with van der Waals surface area (Å²) in [5, 5.41) is 3.00. The Labute approximate surface area is 120 Å². The van der Waals surface area contributed by atoms with E-state index in [1.807, 2.05) is 63.2 Å². The first-order valence-electron chi connectivity index (χ1n) is 6.89. The number of benzene rings is 2. The van der Waals surface area contributed by atoms with E-state index in [1.165, 1.54) is 5.56 Å². The Morgan fingerprint density at radius 1 is 1.05 bits per heavy atom. The number of amides is 1. The SMILES string of the molecule is Cc1cccc(NC(=O)C(C)(C)Cc2ccccc2)c1. The van der Waals surface area contributed by atoms with E-state index in [0.29, 0.717) is 0 Å². The van der Waals surface area contributed by atoms with E-state index < -0.39 is 5.41 Å². The Kier molecular flexibility index (Phi) is 4.23. The largest absolute Gasteiger partial charge is 0.326 e. The van der Waals surface area contributed by atoms with Gasteiger partial charge in [-0.2, -0.15) is 0 Å². The zero-order valence-electron chi connectivity index (χ0n) is 12.3. The summed E-state index contributed by atoms with van der Waals surface area (Å²) in [6.07, 6.45) is 0.728. The Bertz CT molecular complexity index is 587. The molecular weight excluding hydrogens is 246 g/mol. The van der Waals surface area contributed by atoms with E-state index in [9.17, 15) is 4.79 Å². The van der Waals surface area contributed by atoms with Crippen molar-refractivity contribution in [2.24, 2.45) is 5.41 Å². The minimum Gasteiger partial charge on any atom is -0.326 e. The van der Waals surface area contributed by atoms with Crippen LogP contribution < -0.4 is 5.32 Å². The van der Waals surface area contributed by atoms with Gasteiger partial charge in [0.15, 0.2) is 0 Å². The lowest BCUT2D eigenvalue weighted by atomic mass is 9.84. The number of carbonyl (C=O) groups excluding carboxylic acids is 1. The molecule has 0 saturated heterocycles. The van der Waals surface area contributed by atoms with Gasteiger partial charge in [0.2, 0.25) is 5.91 Å². The Balaban J connectivity index is 2.07. The van der Waals surface area contributed by atoms with Crippen molar-refractivity contribution in [3.63, 3.8) is 0 Å². The molecule has 2 heteroatoms. The zero-order valence-corrected chi connectivity index (χ0v) is 12.3. The minimum atomic E-state index is -0.439. The fraction of sp³-hybridized carbons (Fsp3) is 0.278. The van der Waals surface area contributed by atoms with Gasteiger partial charge in [0.1, 0.15) is 0 Å². The maximum Gasteiger partial charge on any atom is 0.230 e. The predicted octanol–water partition coefficient (Wildman–Crippen LogP) is 4.20. The third kappa shape index (κ3) is 3.70. The number of carbonyl (C=O) groups is 1. The molecule has 0 heterocycles. The molecule has 0 unspecified atom stereocenters. The highest BCUT2D eigenvalue weighted by Gasteiger charge is 2.27. The molecule has 0 fully saturated rings. The van der Waals surface area contributed by atoms with Crippen LogP contribution in [0.5, 0.6) is 0 Å². The molecule has 1 amide bonds. The van der Waals surface area contributed by atoms with E-state index >= 15 is 0 Å². The Morgan fingerprint density at radius 2 is 1.75 bits per heavy atom. The summed E-state index contributed by atoms with van der Waals surface area (Å²) in [6, 6.07) is 18.0. The van der Waals surface area contributed by atoms with E-state index in [1.54, 1.807) is 0 Å². The van der Waals surface area contributed by atoms with E-state index in [0.717, 1.165) is 17.7 Å². The first-order chi connectivity index (χ1) is 9.47. The van der Waals surface area contributed by atoms with Gasteiger partial charge in [-0.3, -0.25) is 4.79 Å². The van der Waals surface area contributed by atoms with Crippen molar-refractivity contribution in [3.8, 4) is 0 Å². The average molecular weight is 267 g/mol. The van der Waals surface area contributed by atoms with Crippen LogP contribution in [-0.2, 0) is 11.2 Å². The molecule has 0 spiro atoms. The lowest BCUT2D eigenvalue weighted by Crippen LogP contribution is -2.32. The number of nitrogens with one attached hydrogen (secondary N) is 1. The molecule has 2 aromatic carbocycles. The topological polar surface area (TPSA) is 29.1 Å². The molecule has 1 N–H and O–H groups in total. The minimum absolute atomic E-state index is 0.0481. The standard InChI is InChI=1S/C18H21NO/c1-14-8-7-11-16(12-14)19-17(20)18(2,3)13-15-9-5-4-6-10-15/h4-12H,13H2,1-3H3,(H,19,20). The molecule has 0 aromatic heterocycles. The van der Waals surface area contributed by atoms with Crippen LogP contribution in [0.3, 0.4) is 0 Å². The Morgan fingerprint density at radius 3 is 2.40 bits per heavy atom. The summed E-state index contributed by atoms with van der Waals surface area (Å²) < 4.78 is 0. The molecule has 0 atom stereocenters. The van der Waals surface area contributed by atoms with Crippen molar-refractivity contribution in [3.05, 3.63) is 65.7 Å². The molecular formula is C18H21NO. The van der Waals surface area contributed by atoms with Gasteiger partial charge < -0.3 is 5.32 Å². The monoisotopic (exact) mass is 267 g/mol. The predicted molar refractivity (Wildman–Crippen MR) is 83.7 cm³/mol. The number of hydrogen-bond donors (Lipinski definition) is 1. The Hall–Kier alpha value is -2.09. The first-order valence-corrected chi connectivity index (χ1v) is 6.89. The van der Waals surface area contributed by atoms with Gasteiger partial charge in [0.05, 0.1) is 0 Å². The van der Waals surface area contributed by atoms with Crippen LogP contribution >= 0.6 is 0 Å². The second-order valence-electron chi connectivity index (χ2n) is 5.87. The van der Waals surface area contributed by atoms with Gasteiger partial charge in [-0.25, -0.2) is 0 Å². The van der Waals surface area contributed by atoms with E-state index in [4.69, 9.17) is 0 Å². The quantitative estimate of drug-likeness (QED) is 0.883. The van der Waals surface area contributed by atoms with Gasteiger partial charge in [-0.15, -0.1) is 0 Å². The molecule has 0 aliphatic carbocycles. The summed E-state index contributed by atoms with van der Waals surface area (Å²) in [4.78, 5) is 12.4. The van der Waals surface area contributed by atoms with Crippen molar-refractivity contribution in [1.82, 2.24) is 0 Å². The second kappa shape index (κ2) is 5.91. The van der Waals surface area contributed by atoms with E-state index in [-0.39, 0.29) is 5.91 Å². The molecule has 0 aliphatic rings. The smallest absolute Gasteiger partial charge is 0.230 e. The number of aryl methyl sites for hydroxylation is 1. The zero-order chi connectivity index (χ0) is 14.6. The average Bonchev–Trinajstić information content (AvgIpc) is 2.39. The van der Waals surface area contributed by atoms with Crippen LogP contribution in [0.1, 0.15) is 25.0 Å². The fourth-order valence-electron chi connectivity index (χ4n) is 2.21. The van der Waals surface area contributed by atoms with Crippen LogP contribution in [0, 0.1) is 12.3 Å². The highest BCUT2D eigenvalue weighted by Crippen LogP contribution is 2.24. The van der Waals surface area contributed by atoms with E-state index in [2.05, 4.69) is 17.4 Å². The molecule has 0 bridgehead atoms. The number of anilines is 1. The molecule has 0 aliphatic heterocycles. The summed E-state index contributed by atoms with van der Waals surface area (Å²) >= 11 is 0. The van der Waals surface area contributed by atoms with Crippen LogP contribution in [0.15, 0.2) is 54.6 Å². The van der Waals surface area contributed by atoms with Gasteiger partial charge in [0, 0.05) is 11.1 Å². The van der Waals surface area contributed by atoms with Crippen LogP contribution in [0.25, 0.3) is 0 Å². The lowest BCUT2D eigenvalue weighted by molar-refractivity contribution is -0.123. The normalized spacial score (nSPS) is 11.2. The second-order valence-corrected chi connectivity index (χ2v) is 5.87. The van der Waals surface area contributed by atoms with Crippen LogP contribution in [-0.4, -0.2) is 5.91 Å². The molecule has 2 nitrogen and oxygen atoms in total. The van der Waals surface area contributed by atoms with Gasteiger partial charge in [-0.05, 0) is 36.6 Å².